The molecule has 1 aromatic heterocycles. The van der Waals surface area contributed by atoms with Crippen LogP contribution in [0.25, 0.3) is 0 Å². The maximum Gasteiger partial charge on any atom is 0.244 e. The van der Waals surface area contributed by atoms with Gasteiger partial charge in [0.25, 0.3) is 0 Å². The summed E-state index contributed by atoms with van der Waals surface area (Å²) in [5, 5.41) is 0. The van der Waals surface area contributed by atoms with Crippen LogP contribution >= 0.6 is 0 Å². The first kappa shape index (κ1) is 15.7. The zero-order valence-electron chi connectivity index (χ0n) is 11.1. The van der Waals surface area contributed by atoms with Crippen LogP contribution in [-0.4, -0.2) is 11.7 Å². The minimum atomic E-state index is -0.237. The molecule has 0 spiro atoms. The third-order valence-corrected chi connectivity index (χ3v) is 2.82. The monoisotopic (exact) mass is 328 g/mol. The van der Waals surface area contributed by atoms with Crippen molar-refractivity contribution in [2.75, 3.05) is 7.11 Å². The number of nitrogens with zero attached hydrogens (tertiary/aromatic N) is 2. The predicted molar refractivity (Wildman–Crippen MR) is 67.0 cm³/mol. The van der Waals surface area contributed by atoms with Gasteiger partial charge in [0.15, 0.2) is 0 Å². The number of ether oxygens (including phenoxy) is 1. The standard InChI is InChI=1S/C14H18FN2O.BrH/c1-3-6-16-7-8-17(11-16)10-12-9-13(15)4-5-14(12)18-2;/h4-5,7-9,11H,3,6,10H2,1-2H3;1H/q+1;/p-1. The number of hydrogen-bond acceptors (Lipinski definition) is 1. The molecule has 5 heteroatoms. The summed E-state index contributed by atoms with van der Waals surface area (Å²) in [7, 11) is 1.60. The molecule has 104 valence electrons. The van der Waals surface area contributed by atoms with E-state index in [1.165, 1.54) is 12.1 Å². The summed E-state index contributed by atoms with van der Waals surface area (Å²) in [6.45, 7) is 3.74. The van der Waals surface area contributed by atoms with Crippen LogP contribution in [0, 0.1) is 5.82 Å². The van der Waals surface area contributed by atoms with Gasteiger partial charge < -0.3 is 21.7 Å². The van der Waals surface area contributed by atoms with E-state index in [9.17, 15) is 4.39 Å². The first-order chi connectivity index (χ1) is 8.72. The Bertz CT molecular complexity index is 528. The van der Waals surface area contributed by atoms with Crippen molar-refractivity contribution in [2.24, 2.45) is 0 Å². The molecule has 1 aromatic carbocycles. The lowest BCUT2D eigenvalue weighted by Crippen LogP contribution is -3.00. The quantitative estimate of drug-likeness (QED) is 0.669. The van der Waals surface area contributed by atoms with Gasteiger partial charge in [0.2, 0.25) is 6.33 Å². The molecule has 0 fully saturated rings. The van der Waals surface area contributed by atoms with Crippen molar-refractivity contribution in [3.8, 4) is 5.75 Å². The van der Waals surface area contributed by atoms with Crippen molar-refractivity contribution in [3.63, 3.8) is 0 Å². The maximum absolute atomic E-state index is 13.2. The summed E-state index contributed by atoms with van der Waals surface area (Å²) < 4.78 is 22.6. The smallest absolute Gasteiger partial charge is 0.244 e. The average Bonchev–Trinajstić information content (AvgIpc) is 2.77. The van der Waals surface area contributed by atoms with Gasteiger partial charge in [0.1, 0.15) is 30.5 Å². The minimum Gasteiger partial charge on any atom is -1.00 e. The van der Waals surface area contributed by atoms with E-state index in [1.54, 1.807) is 13.2 Å². The zero-order chi connectivity index (χ0) is 13.0. The molecule has 0 aliphatic heterocycles. The van der Waals surface area contributed by atoms with Crippen LogP contribution in [0.5, 0.6) is 5.75 Å². The lowest BCUT2D eigenvalue weighted by molar-refractivity contribution is -0.687. The third kappa shape index (κ3) is 4.06. The molecule has 19 heavy (non-hydrogen) atoms. The molecule has 0 saturated heterocycles. The van der Waals surface area contributed by atoms with E-state index in [0.717, 1.165) is 18.5 Å². The molecular weight excluding hydrogens is 311 g/mol. The highest BCUT2D eigenvalue weighted by Gasteiger charge is 2.09. The molecule has 0 unspecified atom stereocenters. The average molecular weight is 329 g/mol. The molecular formula is C14H18BrFN2O. The Morgan fingerprint density at radius 1 is 1.37 bits per heavy atom. The first-order valence-electron chi connectivity index (χ1n) is 6.10. The fraction of sp³-hybridized carbons (Fsp3) is 0.357. The number of aromatic nitrogens is 2. The molecule has 0 amide bonds. The van der Waals surface area contributed by atoms with E-state index < -0.39 is 0 Å². The Hall–Kier alpha value is -1.36. The normalized spacial score (nSPS) is 10.1. The van der Waals surface area contributed by atoms with E-state index in [1.807, 2.05) is 23.3 Å². The summed E-state index contributed by atoms with van der Waals surface area (Å²) in [5.74, 6) is 0.478. The van der Waals surface area contributed by atoms with Gasteiger partial charge in [-0.1, -0.05) is 6.92 Å². The molecule has 1 heterocycles. The molecule has 0 aliphatic carbocycles. The van der Waals surface area contributed by atoms with Crippen LogP contribution in [0.2, 0.25) is 0 Å². The Morgan fingerprint density at radius 2 is 2.16 bits per heavy atom. The number of hydrogen-bond donors (Lipinski definition) is 0. The zero-order valence-corrected chi connectivity index (χ0v) is 12.7. The Balaban J connectivity index is 0.00000180. The summed E-state index contributed by atoms with van der Waals surface area (Å²) in [6, 6.07) is 4.59. The Labute approximate surface area is 123 Å². The molecule has 0 saturated carbocycles. The number of imidazole rings is 1. The number of rotatable bonds is 5. The molecule has 0 N–H and O–H groups in total. The van der Waals surface area contributed by atoms with Gasteiger partial charge in [-0.3, -0.25) is 0 Å². The van der Waals surface area contributed by atoms with Crippen molar-refractivity contribution in [2.45, 2.75) is 26.4 Å². The highest BCUT2D eigenvalue weighted by molar-refractivity contribution is 5.33. The molecule has 3 nitrogen and oxygen atoms in total. The SMILES string of the molecule is CCCn1cc[n+](Cc2cc(F)ccc2OC)c1.[Br-]. The summed E-state index contributed by atoms with van der Waals surface area (Å²) in [6.07, 6.45) is 7.13. The van der Waals surface area contributed by atoms with E-state index in [2.05, 4.69) is 11.5 Å². The lowest BCUT2D eigenvalue weighted by Gasteiger charge is -2.06. The first-order valence-corrected chi connectivity index (χ1v) is 6.10. The lowest BCUT2D eigenvalue weighted by atomic mass is 10.2. The van der Waals surface area contributed by atoms with E-state index in [4.69, 9.17) is 4.74 Å². The second-order valence-corrected chi connectivity index (χ2v) is 4.28. The number of halogens is 2. The molecule has 2 rings (SSSR count). The summed E-state index contributed by atoms with van der Waals surface area (Å²) >= 11 is 0. The van der Waals surface area contributed by atoms with Crippen molar-refractivity contribution >= 4 is 0 Å². The van der Waals surface area contributed by atoms with Crippen LogP contribution in [-0.2, 0) is 13.1 Å². The minimum absolute atomic E-state index is 0. The van der Waals surface area contributed by atoms with E-state index in [-0.39, 0.29) is 22.8 Å². The van der Waals surface area contributed by atoms with Crippen molar-refractivity contribution in [1.29, 1.82) is 0 Å². The van der Waals surface area contributed by atoms with Gasteiger partial charge >= 0.3 is 0 Å². The van der Waals surface area contributed by atoms with E-state index in [0.29, 0.717) is 12.3 Å². The van der Waals surface area contributed by atoms with Gasteiger partial charge in [-0.25, -0.2) is 13.5 Å². The molecule has 0 aliphatic rings. The van der Waals surface area contributed by atoms with Gasteiger partial charge in [0, 0.05) is 5.56 Å². The highest BCUT2D eigenvalue weighted by atomic mass is 79.9. The number of methoxy groups -OCH3 is 1. The highest BCUT2D eigenvalue weighted by Crippen LogP contribution is 2.18. The predicted octanol–water partition coefficient (Wildman–Crippen LogP) is -0.614. The van der Waals surface area contributed by atoms with Gasteiger partial charge in [0.05, 0.1) is 13.7 Å². The van der Waals surface area contributed by atoms with Crippen molar-refractivity contribution < 1.29 is 30.7 Å². The van der Waals surface area contributed by atoms with E-state index >= 15 is 0 Å². The van der Waals surface area contributed by atoms with Crippen molar-refractivity contribution in [1.82, 2.24) is 4.57 Å². The fourth-order valence-corrected chi connectivity index (χ4v) is 1.99. The summed E-state index contributed by atoms with van der Waals surface area (Å²) in [4.78, 5) is 0. The van der Waals surface area contributed by atoms with Gasteiger partial charge in [-0.15, -0.1) is 0 Å². The molecule has 0 radical (unpaired) electrons. The maximum atomic E-state index is 13.2. The second-order valence-electron chi connectivity index (χ2n) is 4.28. The molecule has 0 atom stereocenters. The van der Waals surface area contributed by atoms with Crippen LogP contribution in [0.4, 0.5) is 4.39 Å². The van der Waals surface area contributed by atoms with Crippen LogP contribution in [0.1, 0.15) is 18.9 Å². The second kappa shape index (κ2) is 7.28. The molecule has 0 bridgehead atoms. The Morgan fingerprint density at radius 3 is 2.84 bits per heavy atom. The van der Waals surface area contributed by atoms with Crippen LogP contribution in [0.3, 0.4) is 0 Å². The number of aryl methyl sites for hydroxylation is 1. The van der Waals surface area contributed by atoms with Crippen LogP contribution in [0.15, 0.2) is 36.9 Å². The Kier molecular flexibility index (Phi) is 6.02. The van der Waals surface area contributed by atoms with Crippen molar-refractivity contribution in [3.05, 3.63) is 48.3 Å². The van der Waals surface area contributed by atoms with Gasteiger partial charge in [-0.2, -0.15) is 0 Å². The largest absolute Gasteiger partial charge is 1.00 e. The number of benzene rings is 1. The fourth-order valence-electron chi connectivity index (χ4n) is 1.99. The topological polar surface area (TPSA) is 18.0 Å². The third-order valence-electron chi connectivity index (χ3n) is 2.82. The molecule has 2 aromatic rings. The van der Waals surface area contributed by atoms with Gasteiger partial charge in [-0.05, 0) is 24.6 Å². The summed E-state index contributed by atoms with van der Waals surface area (Å²) in [5.41, 5.74) is 0.844. The van der Waals surface area contributed by atoms with Crippen LogP contribution < -0.4 is 26.3 Å².